The predicted molar refractivity (Wildman–Crippen MR) is 115 cm³/mol. The van der Waals surface area contributed by atoms with E-state index in [0.29, 0.717) is 38.1 Å². The first-order chi connectivity index (χ1) is 15.1. The number of hydrogen-bond acceptors (Lipinski definition) is 6. The van der Waals surface area contributed by atoms with Gasteiger partial charge in [-0.3, -0.25) is 4.79 Å². The lowest BCUT2D eigenvalue weighted by atomic mass is 10.1. The molecule has 0 aliphatic heterocycles. The van der Waals surface area contributed by atoms with E-state index in [1.54, 1.807) is 10.7 Å². The molecule has 0 saturated heterocycles. The lowest BCUT2D eigenvalue weighted by Crippen LogP contribution is -2.29. The number of halogens is 1. The van der Waals surface area contributed by atoms with Gasteiger partial charge in [-0.2, -0.15) is 0 Å². The van der Waals surface area contributed by atoms with Crippen LogP contribution in [0.4, 0.5) is 4.39 Å². The number of para-hydroxylation sites is 1. The maximum Gasteiger partial charge on any atom is 0.262 e. The van der Waals surface area contributed by atoms with E-state index in [1.165, 1.54) is 17.4 Å². The van der Waals surface area contributed by atoms with E-state index < -0.39 is 0 Å². The number of fused-ring (bicyclic) bond motifs is 1. The lowest BCUT2D eigenvalue weighted by molar-refractivity contribution is 0.0939. The minimum atomic E-state index is -0.388. The van der Waals surface area contributed by atoms with Crippen LogP contribution in [-0.4, -0.2) is 26.1 Å². The summed E-state index contributed by atoms with van der Waals surface area (Å²) in [6, 6.07) is 14.0. The zero-order chi connectivity index (χ0) is 21.4. The van der Waals surface area contributed by atoms with Crippen molar-refractivity contribution in [1.29, 1.82) is 0 Å². The quantitative estimate of drug-likeness (QED) is 0.463. The molecule has 2 aromatic carbocycles. The van der Waals surface area contributed by atoms with Crippen LogP contribution in [0.3, 0.4) is 0 Å². The van der Waals surface area contributed by atoms with Gasteiger partial charge in [0.1, 0.15) is 18.2 Å². The molecular weight excluding hydrogens is 417 g/mol. The molecule has 1 unspecified atom stereocenters. The molecule has 0 spiro atoms. The first-order valence-corrected chi connectivity index (χ1v) is 10.9. The summed E-state index contributed by atoms with van der Waals surface area (Å²) < 4.78 is 23.0. The fourth-order valence-electron chi connectivity index (χ4n) is 3.55. The van der Waals surface area contributed by atoms with Crippen molar-refractivity contribution in [3.8, 4) is 5.75 Å². The molecule has 0 radical (unpaired) electrons. The molecule has 4 aromatic rings. The largest absolute Gasteiger partial charge is 0.489 e. The second-order valence-electron chi connectivity index (χ2n) is 7.53. The highest BCUT2D eigenvalue weighted by molar-refractivity contribution is 7.21. The Morgan fingerprint density at radius 2 is 2.06 bits per heavy atom. The summed E-state index contributed by atoms with van der Waals surface area (Å²) in [6.07, 6.45) is 2.07. The zero-order valence-electron chi connectivity index (χ0n) is 16.8. The molecule has 1 amide bonds. The molecule has 1 aliphatic rings. The van der Waals surface area contributed by atoms with Crippen molar-refractivity contribution in [2.75, 3.05) is 0 Å². The van der Waals surface area contributed by atoms with Gasteiger partial charge in [0.15, 0.2) is 5.82 Å². The fourth-order valence-corrected chi connectivity index (χ4v) is 4.68. The van der Waals surface area contributed by atoms with E-state index in [0.717, 1.165) is 12.8 Å². The fraction of sp³-hybridized carbons (Fsp3) is 0.273. The van der Waals surface area contributed by atoms with E-state index in [9.17, 15) is 9.18 Å². The number of aromatic nitrogens is 4. The van der Waals surface area contributed by atoms with E-state index in [1.807, 2.05) is 43.3 Å². The number of thiophene rings is 1. The van der Waals surface area contributed by atoms with Crippen LogP contribution < -0.4 is 10.1 Å². The van der Waals surface area contributed by atoms with Crippen LogP contribution in [0, 0.1) is 5.82 Å². The number of hydrogen-bond donors (Lipinski definition) is 1. The zero-order valence-corrected chi connectivity index (χ0v) is 17.6. The third-order valence-corrected chi connectivity index (χ3v) is 6.44. The Kier molecular flexibility index (Phi) is 5.11. The van der Waals surface area contributed by atoms with Crippen molar-refractivity contribution in [1.82, 2.24) is 25.5 Å². The number of nitrogens with one attached hydrogen (secondary N) is 1. The highest BCUT2D eigenvalue weighted by Crippen LogP contribution is 2.36. The molecule has 1 saturated carbocycles. The number of nitrogens with zero attached hydrogens (tertiary/aromatic N) is 4. The van der Waals surface area contributed by atoms with E-state index >= 15 is 0 Å². The maximum absolute atomic E-state index is 14.7. The highest BCUT2D eigenvalue weighted by atomic mass is 32.1. The van der Waals surface area contributed by atoms with Crippen LogP contribution in [-0.2, 0) is 6.61 Å². The van der Waals surface area contributed by atoms with Crippen LogP contribution in [0.2, 0.25) is 0 Å². The third kappa shape index (κ3) is 3.88. The second kappa shape index (κ2) is 8.07. The number of amides is 1. The summed E-state index contributed by atoms with van der Waals surface area (Å²) in [4.78, 5) is 13.6. The highest BCUT2D eigenvalue weighted by Gasteiger charge is 2.30. The van der Waals surface area contributed by atoms with Crippen LogP contribution in [0.1, 0.15) is 52.9 Å². The molecule has 1 fully saturated rings. The van der Waals surface area contributed by atoms with Gasteiger partial charge in [0.2, 0.25) is 0 Å². The third-order valence-electron chi connectivity index (χ3n) is 5.24. The molecule has 2 aromatic heterocycles. The Morgan fingerprint density at radius 3 is 2.84 bits per heavy atom. The monoisotopic (exact) mass is 437 g/mol. The van der Waals surface area contributed by atoms with E-state index in [4.69, 9.17) is 4.74 Å². The summed E-state index contributed by atoms with van der Waals surface area (Å²) >= 11 is 1.25. The molecule has 1 N–H and O–H groups in total. The van der Waals surface area contributed by atoms with Gasteiger partial charge in [-0.05, 0) is 54.5 Å². The Morgan fingerprint density at radius 1 is 1.26 bits per heavy atom. The van der Waals surface area contributed by atoms with Crippen LogP contribution in [0.25, 0.3) is 10.1 Å². The van der Waals surface area contributed by atoms with Gasteiger partial charge in [0.05, 0.1) is 17.0 Å². The summed E-state index contributed by atoms with van der Waals surface area (Å²) in [5.74, 6) is 0.599. The van der Waals surface area contributed by atoms with Crippen LogP contribution >= 0.6 is 11.3 Å². The van der Waals surface area contributed by atoms with Gasteiger partial charge in [-0.25, -0.2) is 9.07 Å². The summed E-state index contributed by atoms with van der Waals surface area (Å²) in [6.45, 7) is 1.93. The number of carbonyl (C=O) groups is 1. The average Bonchev–Trinajstić information content (AvgIpc) is 3.36. The molecule has 158 valence electrons. The van der Waals surface area contributed by atoms with Gasteiger partial charge in [0, 0.05) is 15.6 Å². The number of carbonyl (C=O) groups excluding carboxylic acids is 1. The Bertz CT molecular complexity index is 1240. The van der Waals surface area contributed by atoms with Crippen molar-refractivity contribution < 1.29 is 13.9 Å². The molecule has 0 bridgehead atoms. The number of rotatable bonds is 7. The molecule has 7 nitrogen and oxygen atoms in total. The van der Waals surface area contributed by atoms with Crippen molar-refractivity contribution in [3.05, 3.63) is 70.6 Å². The maximum atomic E-state index is 14.7. The van der Waals surface area contributed by atoms with Crippen molar-refractivity contribution in [3.63, 3.8) is 0 Å². The van der Waals surface area contributed by atoms with E-state index in [2.05, 4.69) is 20.8 Å². The Balaban J connectivity index is 1.44. The normalized spacial score (nSPS) is 14.5. The second-order valence-corrected chi connectivity index (χ2v) is 8.58. The number of benzene rings is 2. The average molecular weight is 438 g/mol. The predicted octanol–water partition coefficient (Wildman–Crippen LogP) is 4.43. The van der Waals surface area contributed by atoms with E-state index in [-0.39, 0.29) is 24.4 Å². The van der Waals surface area contributed by atoms with Crippen LogP contribution in [0.5, 0.6) is 5.75 Å². The molecule has 1 atom stereocenters. The Hall–Kier alpha value is -3.33. The van der Waals surface area contributed by atoms with Crippen molar-refractivity contribution >= 4 is 27.3 Å². The molecule has 9 heteroatoms. The number of tetrazole rings is 1. The minimum absolute atomic E-state index is 0.0852. The SMILES string of the molecule is CC(NC(=O)c1sc2cccc(F)c2c1COc1ccccc1)c1nnnn1C1CC1. The van der Waals surface area contributed by atoms with Gasteiger partial charge >= 0.3 is 0 Å². The topological polar surface area (TPSA) is 81.9 Å². The molecular formula is C22H20FN5O2S. The Labute approximate surface area is 181 Å². The molecule has 1 aliphatic carbocycles. The summed E-state index contributed by atoms with van der Waals surface area (Å²) in [5.41, 5.74) is 0.536. The number of ether oxygens (including phenoxy) is 1. The molecule has 2 heterocycles. The summed E-state index contributed by atoms with van der Waals surface area (Å²) in [5, 5.41) is 15.3. The van der Waals surface area contributed by atoms with Gasteiger partial charge < -0.3 is 10.1 Å². The van der Waals surface area contributed by atoms with Gasteiger partial charge in [0.25, 0.3) is 5.91 Å². The van der Waals surface area contributed by atoms with Crippen molar-refractivity contribution in [2.45, 2.75) is 38.5 Å². The van der Waals surface area contributed by atoms with Gasteiger partial charge in [-0.15, -0.1) is 16.4 Å². The first kappa shape index (κ1) is 19.6. The summed E-state index contributed by atoms with van der Waals surface area (Å²) in [7, 11) is 0. The van der Waals surface area contributed by atoms with Crippen molar-refractivity contribution in [2.24, 2.45) is 0 Å². The minimum Gasteiger partial charge on any atom is -0.489 e. The smallest absolute Gasteiger partial charge is 0.262 e. The molecule has 31 heavy (non-hydrogen) atoms. The lowest BCUT2D eigenvalue weighted by Gasteiger charge is -2.14. The van der Waals surface area contributed by atoms with Crippen LogP contribution in [0.15, 0.2) is 48.5 Å². The van der Waals surface area contributed by atoms with Gasteiger partial charge in [-0.1, -0.05) is 24.3 Å². The molecule has 5 rings (SSSR count). The standard InChI is InChI=1S/C22H20FN5O2S/c1-13(21-25-26-27-28(21)14-10-11-14)24-22(29)20-16(12-30-15-6-3-2-4-7-15)19-17(23)8-5-9-18(19)31-20/h2-9,13-14H,10-12H2,1H3,(H,24,29). The first-order valence-electron chi connectivity index (χ1n) is 10.1.